The number of carbonyl (C=O) groups excluding carboxylic acids is 1. The van der Waals surface area contributed by atoms with Crippen molar-refractivity contribution < 1.29 is 23.9 Å². The van der Waals surface area contributed by atoms with Crippen LogP contribution in [0.5, 0.6) is 5.75 Å². The number of amides is 1. The number of benzene rings is 1. The Bertz CT molecular complexity index is 950. The highest BCUT2D eigenvalue weighted by atomic mass is 19.1. The first-order chi connectivity index (χ1) is 14.4. The summed E-state index contributed by atoms with van der Waals surface area (Å²) in [6.45, 7) is 8.32. The van der Waals surface area contributed by atoms with Crippen LogP contribution in [0.4, 0.5) is 9.18 Å². The predicted molar refractivity (Wildman–Crippen MR) is 110 cm³/mol. The number of nitrogens with one attached hydrogen (secondary N) is 1. The molecule has 0 aliphatic carbocycles. The summed E-state index contributed by atoms with van der Waals surface area (Å²) in [7, 11) is 0. The van der Waals surface area contributed by atoms with Gasteiger partial charge < -0.3 is 19.3 Å². The zero-order chi connectivity index (χ0) is 21.8. The number of carbonyl (C=O) groups is 1. The molecule has 0 saturated carbocycles. The number of aromatic nitrogens is 1. The number of piperazine rings is 1. The number of nitrogens with zero attached hydrogens (tertiary/aromatic N) is 2. The third kappa shape index (κ3) is 4.33. The normalized spacial score (nSPS) is 15.8. The van der Waals surface area contributed by atoms with Crippen LogP contribution in [0.25, 0.3) is 0 Å². The van der Waals surface area contributed by atoms with Gasteiger partial charge >= 0.3 is 6.09 Å². The van der Waals surface area contributed by atoms with E-state index in [1.54, 1.807) is 41.5 Å². The molecule has 1 fully saturated rings. The standard InChI is InChI=1S/C22H28FN3O4/c1-4-26-15(3)14-18(27)19(21(26)28)20(16-6-8-17(23)9-7-16)24-10-12-25(13-11-24)22(29)30-5-2/h6-9,14,20,27H,4-5,10-13H2,1-3H3/p+1/t20-/m1/s1. The summed E-state index contributed by atoms with van der Waals surface area (Å²) in [5.41, 5.74) is 1.48. The number of hydrogen-bond donors (Lipinski definition) is 2. The van der Waals surface area contributed by atoms with Gasteiger partial charge in [0.15, 0.2) is 0 Å². The van der Waals surface area contributed by atoms with Crippen molar-refractivity contribution in [3.05, 3.63) is 63.3 Å². The fourth-order valence-corrected chi connectivity index (χ4v) is 4.17. The highest BCUT2D eigenvalue weighted by Crippen LogP contribution is 2.26. The Morgan fingerprint density at radius 3 is 2.43 bits per heavy atom. The minimum atomic E-state index is -0.471. The second kappa shape index (κ2) is 9.30. The number of aryl methyl sites for hydroxylation is 1. The number of aromatic hydroxyl groups is 1. The second-order valence-electron chi connectivity index (χ2n) is 7.46. The molecular weight excluding hydrogens is 389 g/mol. The molecule has 1 aliphatic heterocycles. The van der Waals surface area contributed by atoms with E-state index < -0.39 is 6.04 Å². The van der Waals surface area contributed by atoms with Gasteiger partial charge in [-0.1, -0.05) is 0 Å². The van der Waals surface area contributed by atoms with Crippen molar-refractivity contribution in [2.75, 3.05) is 32.8 Å². The molecule has 1 aliphatic rings. The lowest BCUT2D eigenvalue weighted by molar-refractivity contribution is -0.929. The number of halogens is 1. The molecule has 162 valence electrons. The maximum atomic E-state index is 13.6. The maximum Gasteiger partial charge on any atom is 0.410 e. The van der Waals surface area contributed by atoms with Gasteiger partial charge in [0.1, 0.15) is 23.2 Å². The van der Waals surface area contributed by atoms with Crippen LogP contribution < -0.4 is 10.5 Å². The first-order valence-corrected chi connectivity index (χ1v) is 10.3. The van der Waals surface area contributed by atoms with E-state index in [9.17, 15) is 19.1 Å². The van der Waals surface area contributed by atoms with Crippen LogP contribution in [0.2, 0.25) is 0 Å². The summed E-state index contributed by atoms with van der Waals surface area (Å²) in [4.78, 5) is 28.0. The van der Waals surface area contributed by atoms with Gasteiger partial charge in [0.2, 0.25) is 0 Å². The number of rotatable bonds is 5. The van der Waals surface area contributed by atoms with Gasteiger partial charge in [-0.25, -0.2) is 9.18 Å². The molecule has 30 heavy (non-hydrogen) atoms. The molecule has 0 bridgehead atoms. The summed E-state index contributed by atoms with van der Waals surface area (Å²) < 4.78 is 20.3. The van der Waals surface area contributed by atoms with Gasteiger partial charge in [-0.05, 0) is 51.1 Å². The third-order valence-corrected chi connectivity index (χ3v) is 5.67. The largest absolute Gasteiger partial charge is 0.507 e. The maximum absolute atomic E-state index is 13.6. The monoisotopic (exact) mass is 418 g/mol. The average Bonchev–Trinajstić information content (AvgIpc) is 2.72. The summed E-state index contributed by atoms with van der Waals surface area (Å²) in [6, 6.07) is 7.16. The molecule has 1 amide bonds. The quantitative estimate of drug-likeness (QED) is 0.771. The Hall–Kier alpha value is -2.87. The van der Waals surface area contributed by atoms with Gasteiger partial charge in [-0.3, -0.25) is 9.69 Å². The van der Waals surface area contributed by atoms with E-state index in [1.807, 2.05) is 6.92 Å². The minimum absolute atomic E-state index is 0.0585. The summed E-state index contributed by atoms with van der Waals surface area (Å²) in [5.74, 6) is -0.421. The molecule has 8 heteroatoms. The Kier molecular flexibility index (Phi) is 6.77. The number of hydrogen-bond acceptors (Lipinski definition) is 4. The molecule has 1 atom stereocenters. The smallest absolute Gasteiger partial charge is 0.410 e. The highest BCUT2D eigenvalue weighted by molar-refractivity contribution is 5.67. The zero-order valence-corrected chi connectivity index (χ0v) is 17.7. The van der Waals surface area contributed by atoms with Gasteiger partial charge in [-0.2, -0.15) is 0 Å². The van der Waals surface area contributed by atoms with E-state index in [0.717, 1.165) is 10.5 Å². The van der Waals surface area contributed by atoms with Crippen LogP contribution in [0.3, 0.4) is 0 Å². The van der Waals surface area contributed by atoms with E-state index in [1.165, 1.54) is 12.1 Å². The topological polar surface area (TPSA) is 76.2 Å². The molecule has 2 aromatic rings. The van der Waals surface area contributed by atoms with Crippen molar-refractivity contribution in [2.24, 2.45) is 0 Å². The van der Waals surface area contributed by atoms with E-state index in [4.69, 9.17) is 4.74 Å². The summed E-state index contributed by atoms with van der Waals surface area (Å²) >= 11 is 0. The first kappa shape index (κ1) is 21.8. The molecule has 0 unspecified atom stereocenters. The van der Waals surface area contributed by atoms with Gasteiger partial charge in [0, 0.05) is 17.8 Å². The van der Waals surface area contributed by atoms with Crippen molar-refractivity contribution >= 4 is 6.09 Å². The van der Waals surface area contributed by atoms with Crippen LogP contribution in [0, 0.1) is 12.7 Å². The lowest BCUT2D eigenvalue weighted by Crippen LogP contribution is -3.15. The van der Waals surface area contributed by atoms with Gasteiger partial charge in [0.25, 0.3) is 5.56 Å². The number of pyridine rings is 1. The summed E-state index contributed by atoms with van der Waals surface area (Å²) in [6.07, 6.45) is -0.346. The van der Waals surface area contributed by atoms with Crippen molar-refractivity contribution in [2.45, 2.75) is 33.4 Å². The SMILES string of the molecule is CCOC(=O)N1CC[NH+]([C@H](c2ccc(F)cc2)c2c(O)cc(C)n(CC)c2=O)CC1. The Morgan fingerprint density at radius 1 is 1.23 bits per heavy atom. The molecule has 2 N–H and O–H groups in total. The molecule has 1 saturated heterocycles. The average molecular weight is 418 g/mol. The van der Waals surface area contributed by atoms with Crippen LogP contribution in [-0.2, 0) is 11.3 Å². The van der Waals surface area contributed by atoms with Crippen LogP contribution in [0.15, 0.2) is 35.1 Å². The van der Waals surface area contributed by atoms with Crippen molar-refractivity contribution in [1.29, 1.82) is 0 Å². The van der Waals surface area contributed by atoms with E-state index in [2.05, 4.69) is 0 Å². The molecule has 1 aromatic carbocycles. The lowest BCUT2D eigenvalue weighted by atomic mass is 9.96. The fraction of sp³-hybridized carbons (Fsp3) is 0.455. The molecule has 0 radical (unpaired) electrons. The van der Waals surface area contributed by atoms with Crippen molar-refractivity contribution in [3.63, 3.8) is 0 Å². The Balaban J connectivity index is 2.01. The van der Waals surface area contributed by atoms with Gasteiger partial charge in [-0.15, -0.1) is 0 Å². The molecule has 0 spiro atoms. The third-order valence-electron chi connectivity index (χ3n) is 5.67. The Morgan fingerprint density at radius 2 is 1.87 bits per heavy atom. The molecular formula is C22H29FN3O4+. The van der Waals surface area contributed by atoms with E-state index >= 15 is 0 Å². The molecule has 7 nitrogen and oxygen atoms in total. The fourth-order valence-electron chi connectivity index (χ4n) is 4.17. The second-order valence-corrected chi connectivity index (χ2v) is 7.46. The van der Waals surface area contributed by atoms with Crippen LogP contribution in [-0.4, -0.2) is 53.5 Å². The number of ether oxygens (including phenoxy) is 1. The summed E-state index contributed by atoms with van der Waals surface area (Å²) in [5, 5.41) is 10.7. The van der Waals surface area contributed by atoms with Crippen molar-refractivity contribution in [3.8, 4) is 5.75 Å². The molecule has 1 aromatic heterocycles. The predicted octanol–water partition coefficient (Wildman–Crippen LogP) is 1.47. The Labute approximate surface area is 175 Å². The highest BCUT2D eigenvalue weighted by Gasteiger charge is 2.35. The van der Waals surface area contributed by atoms with Crippen molar-refractivity contribution in [1.82, 2.24) is 9.47 Å². The minimum Gasteiger partial charge on any atom is -0.507 e. The molecule has 3 rings (SSSR count). The van der Waals surface area contributed by atoms with E-state index in [0.29, 0.717) is 50.6 Å². The van der Waals surface area contributed by atoms with Gasteiger partial charge in [0.05, 0.1) is 32.8 Å². The van der Waals surface area contributed by atoms with Crippen LogP contribution >= 0.6 is 0 Å². The first-order valence-electron chi connectivity index (χ1n) is 10.3. The lowest BCUT2D eigenvalue weighted by Gasteiger charge is -2.36. The van der Waals surface area contributed by atoms with Crippen LogP contribution in [0.1, 0.15) is 36.7 Å². The number of quaternary nitrogens is 1. The zero-order valence-electron chi connectivity index (χ0n) is 17.7. The van der Waals surface area contributed by atoms with E-state index in [-0.39, 0.29) is 23.2 Å². The molecule has 2 heterocycles.